The minimum absolute atomic E-state index is 0. The summed E-state index contributed by atoms with van der Waals surface area (Å²) in [6.07, 6.45) is 2.50. The van der Waals surface area contributed by atoms with E-state index in [1.165, 1.54) is 0 Å². The number of imide groups is 4. The maximum absolute atomic E-state index is 12.1. The molecule has 8 amide bonds. The minimum atomic E-state index is -3.63. The molecule has 2 N–H and O–H groups in total. The summed E-state index contributed by atoms with van der Waals surface area (Å²) in [6, 6.07) is 0. The van der Waals surface area contributed by atoms with Crippen LogP contribution in [0.15, 0.2) is 12.2 Å². The molecule has 4 heterocycles. The van der Waals surface area contributed by atoms with Gasteiger partial charge in [-0.1, -0.05) is 0 Å². The largest absolute Gasteiger partial charge is 1.00 e. The Bertz CT molecular complexity index is 1340. The fourth-order valence-corrected chi connectivity index (χ4v) is 7.82. The van der Waals surface area contributed by atoms with Crippen LogP contribution in [0.4, 0.5) is 0 Å². The van der Waals surface area contributed by atoms with Crippen molar-refractivity contribution in [3.8, 4) is 0 Å². The van der Waals surface area contributed by atoms with Crippen LogP contribution in [-0.4, -0.2) is 139 Å². The van der Waals surface area contributed by atoms with E-state index < -0.39 is 61.1 Å². The Balaban J connectivity index is 0.000000886. The molecule has 0 saturated carbocycles. The van der Waals surface area contributed by atoms with Gasteiger partial charge in [0.2, 0.25) is 35.4 Å². The summed E-state index contributed by atoms with van der Waals surface area (Å²) >= 11 is 1.93. The Labute approximate surface area is 309 Å². The van der Waals surface area contributed by atoms with Gasteiger partial charge in [-0.25, -0.2) is 0 Å². The topological polar surface area (TPSA) is 243 Å². The van der Waals surface area contributed by atoms with E-state index in [2.05, 4.69) is 9.05 Å². The van der Waals surface area contributed by atoms with Crippen molar-refractivity contribution < 1.29 is 98.9 Å². The molecule has 48 heavy (non-hydrogen) atoms. The Kier molecular flexibility index (Phi) is 17.7. The Morgan fingerprint density at radius 3 is 1.35 bits per heavy atom. The van der Waals surface area contributed by atoms with E-state index in [0.717, 1.165) is 68.6 Å². The molecule has 4 aliphatic rings. The minimum Gasteiger partial charge on any atom is -1.00 e. The second-order valence-electron chi connectivity index (χ2n) is 10.2. The summed E-state index contributed by atoms with van der Waals surface area (Å²) in [6.45, 7) is 1.91. The molecule has 0 aliphatic carbocycles. The van der Waals surface area contributed by atoms with Gasteiger partial charge in [-0.05, 0) is 0 Å². The number of likely N-dealkylation sites (tertiary alicyclic amines) is 3. The second-order valence-corrected chi connectivity index (χ2v) is 16.2. The van der Waals surface area contributed by atoms with Crippen LogP contribution in [0.25, 0.3) is 0 Å². The van der Waals surface area contributed by atoms with Gasteiger partial charge in [0.05, 0.1) is 10.5 Å². The van der Waals surface area contributed by atoms with Crippen molar-refractivity contribution in [2.45, 2.75) is 36.2 Å². The summed E-state index contributed by atoms with van der Waals surface area (Å²) in [7, 11) is -7.26. The molecule has 4 rings (SSSR count). The first-order valence-electron chi connectivity index (χ1n) is 13.6. The predicted molar refractivity (Wildman–Crippen MR) is 168 cm³/mol. The van der Waals surface area contributed by atoms with Crippen LogP contribution in [0, 0.1) is 38.5 Å². The van der Waals surface area contributed by atoms with E-state index in [1.807, 2.05) is 0 Å². The first-order valence-corrected chi connectivity index (χ1v) is 19.7. The van der Waals surface area contributed by atoms with Crippen molar-refractivity contribution in [1.82, 2.24) is 19.6 Å². The SMILES string of the molecule is CP(=O)(O)OCSC1CC(=O)N(CCN2C(=O)C=CC2=O)C1=O.CP(=O)(O)OCSC1CC(=O)N(CCN2C(=O)CCC2=O)C1=O.[3H-].[CH3-].[U]. The van der Waals surface area contributed by atoms with Crippen LogP contribution >= 0.6 is 38.7 Å². The van der Waals surface area contributed by atoms with E-state index in [4.69, 9.17) is 9.79 Å². The number of carbonyl (C=O) groups excluding carboxylic acids is 8. The number of hydrogen-bond donors (Lipinski definition) is 2. The van der Waals surface area contributed by atoms with Crippen molar-refractivity contribution in [3.63, 3.8) is 0 Å². The van der Waals surface area contributed by atoms with Crippen molar-refractivity contribution in [3.05, 3.63) is 19.6 Å². The molecule has 0 bridgehead atoms. The molecule has 3 fully saturated rings. The van der Waals surface area contributed by atoms with Gasteiger partial charge >= 0.3 is 15.2 Å². The summed E-state index contributed by atoms with van der Waals surface area (Å²) in [5, 5.41) is -1.38. The molecule has 4 aliphatic heterocycles. The van der Waals surface area contributed by atoms with Gasteiger partial charge in [-0.3, -0.25) is 76.1 Å². The average Bonchev–Trinajstić information content (AvgIpc) is 3.61. The first-order chi connectivity index (χ1) is 21.4. The van der Waals surface area contributed by atoms with E-state index in [-0.39, 0.29) is 116 Å². The van der Waals surface area contributed by atoms with Crippen LogP contribution in [0.3, 0.4) is 0 Å². The Morgan fingerprint density at radius 2 is 1.00 bits per heavy atom. The van der Waals surface area contributed by atoms with Crippen LogP contribution < -0.4 is 0 Å². The monoisotopic (exact) mass is 982 g/mol. The molecule has 0 aromatic heterocycles. The van der Waals surface area contributed by atoms with E-state index in [9.17, 15) is 47.5 Å². The van der Waals surface area contributed by atoms with Crippen LogP contribution in [-0.2, 0) is 56.5 Å². The Morgan fingerprint density at radius 1 is 0.667 bits per heavy atom. The zero-order valence-corrected chi connectivity index (χ0v) is 33.8. The van der Waals surface area contributed by atoms with Crippen LogP contribution in [0.5, 0.6) is 0 Å². The number of nitrogens with zero attached hydrogens (tertiary/aromatic N) is 4. The van der Waals surface area contributed by atoms with Gasteiger partial charge < -0.3 is 18.6 Å². The zero-order valence-electron chi connectivity index (χ0n) is 27.2. The van der Waals surface area contributed by atoms with Crippen LogP contribution in [0.2, 0.25) is 0 Å². The van der Waals surface area contributed by atoms with Crippen molar-refractivity contribution >= 4 is 86.0 Å². The van der Waals surface area contributed by atoms with Crippen molar-refractivity contribution in [1.29, 1.82) is 0 Å². The van der Waals surface area contributed by atoms with Gasteiger partial charge in [0, 0.05) is 108 Å². The standard InChI is InChI=1S/C12H17N2O7PS.C12H15N2O7PS.CH3.U.H/c2*1-22(19,20)21-7-23-8-6-11(17)14(12(8)18)5-4-13-9(15)2-3-10(13)16;;;/h8H,2-7H2,1H3,(H,19,20);2-3,8H,4-7H2,1H3,(H,19,20);1H3;;/q;;-1;;-1/i;;;;1+2. The smallest absolute Gasteiger partial charge is 0.325 e. The molecular formula is C25H36N4O14P2S2U-2. The molecular weight excluding hydrogens is 944 g/mol. The van der Waals surface area contributed by atoms with Gasteiger partial charge in [0.25, 0.3) is 11.8 Å². The number of amides is 8. The Hall–Kier alpha value is -1.65. The summed E-state index contributed by atoms with van der Waals surface area (Å²) in [4.78, 5) is 116. The molecule has 4 unspecified atom stereocenters. The number of hydrogen-bond acceptors (Lipinski definition) is 14. The average molecular weight is 983 g/mol. The summed E-state index contributed by atoms with van der Waals surface area (Å²) < 4.78 is 31.3. The molecule has 0 aromatic carbocycles. The first kappa shape index (κ1) is 44.4. The number of carbonyl (C=O) groups is 8. The van der Waals surface area contributed by atoms with Crippen molar-refractivity contribution in [2.75, 3.05) is 51.4 Å². The van der Waals surface area contributed by atoms with E-state index >= 15 is 0 Å². The summed E-state index contributed by atoms with van der Waals surface area (Å²) in [5.74, 6) is -3.61. The van der Waals surface area contributed by atoms with Gasteiger partial charge in [-0.15, -0.1) is 23.5 Å². The molecule has 268 valence electrons. The fraction of sp³-hybridized carbons (Fsp3) is 0.560. The van der Waals surface area contributed by atoms with Gasteiger partial charge in [0.1, 0.15) is 11.9 Å². The second kappa shape index (κ2) is 19.1. The van der Waals surface area contributed by atoms with Gasteiger partial charge in [0.15, 0.2) is 0 Å². The van der Waals surface area contributed by atoms with E-state index in [1.54, 1.807) is 0 Å². The van der Waals surface area contributed by atoms with Crippen molar-refractivity contribution in [2.24, 2.45) is 0 Å². The number of rotatable bonds is 14. The third kappa shape index (κ3) is 12.9. The normalized spacial score (nSPS) is 23.3. The fourth-order valence-electron chi connectivity index (χ4n) is 4.38. The van der Waals surface area contributed by atoms with Crippen LogP contribution in [0.1, 0.15) is 27.1 Å². The molecule has 4 atom stereocenters. The molecule has 18 nitrogen and oxygen atoms in total. The molecule has 3 saturated heterocycles. The molecule has 23 heteroatoms. The maximum Gasteiger partial charge on any atom is 0.325 e. The molecule has 0 radical (unpaired) electrons. The third-order valence-electron chi connectivity index (χ3n) is 6.68. The molecule has 0 spiro atoms. The predicted octanol–water partition coefficient (Wildman–Crippen LogP) is -0.0904. The molecule has 0 aromatic rings. The maximum atomic E-state index is 12.1. The third-order valence-corrected chi connectivity index (χ3v) is 10.3. The zero-order chi connectivity index (χ0) is 34.4. The number of thioether (sulfide) groups is 2. The summed E-state index contributed by atoms with van der Waals surface area (Å²) in [5.41, 5.74) is 0. The van der Waals surface area contributed by atoms with E-state index in [0.29, 0.717) is 0 Å². The van der Waals surface area contributed by atoms with Gasteiger partial charge in [-0.2, -0.15) is 0 Å². The quantitative estimate of drug-likeness (QED) is 0.100.